The quantitative estimate of drug-likeness (QED) is 0.190. The van der Waals surface area contributed by atoms with Gasteiger partial charge in [0, 0.05) is 52.9 Å². The normalized spacial score (nSPS) is 15.6. The maximum absolute atomic E-state index is 13.4. The summed E-state index contributed by atoms with van der Waals surface area (Å²) in [6.45, 7) is 7.71. The number of phenols is 1. The first-order valence-corrected chi connectivity index (χ1v) is 13.6. The fraction of sp³-hybridized carbons (Fsp3) is 0.212. The van der Waals surface area contributed by atoms with Crippen molar-refractivity contribution in [3.05, 3.63) is 113 Å². The van der Waals surface area contributed by atoms with Gasteiger partial charge in [-0.25, -0.2) is 9.59 Å². The van der Waals surface area contributed by atoms with Gasteiger partial charge < -0.3 is 29.9 Å². The zero-order valence-electron chi connectivity index (χ0n) is 23.2. The molecule has 1 heterocycles. The number of phenolic OH excluding ortho intramolecular Hbond substituents is 1. The Bertz CT molecular complexity index is 1600. The number of benzene rings is 4. The second-order valence-corrected chi connectivity index (χ2v) is 9.64. The third kappa shape index (κ3) is 4.93. The molecule has 0 unspecified atom stereocenters. The summed E-state index contributed by atoms with van der Waals surface area (Å²) < 4.78 is 12.3. The minimum absolute atomic E-state index is 0.0119. The van der Waals surface area contributed by atoms with Crippen LogP contribution in [-0.4, -0.2) is 41.8 Å². The van der Waals surface area contributed by atoms with Crippen molar-refractivity contribution in [3.8, 4) is 11.5 Å². The van der Waals surface area contributed by atoms with Crippen molar-refractivity contribution in [1.29, 1.82) is 0 Å². The fourth-order valence-corrected chi connectivity index (χ4v) is 5.40. The van der Waals surface area contributed by atoms with Crippen LogP contribution < -0.4 is 15.0 Å². The lowest BCUT2D eigenvalue weighted by Crippen LogP contribution is -2.31. The molecule has 0 aromatic heterocycles. The van der Waals surface area contributed by atoms with Crippen molar-refractivity contribution in [2.24, 2.45) is 0 Å². The van der Waals surface area contributed by atoms with Gasteiger partial charge in [0.2, 0.25) is 0 Å². The average molecular weight is 553 g/mol. The molecular weight excluding hydrogens is 520 g/mol. The number of aromatic hydroxyl groups is 1. The van der Waals surface area contributed by atoms with E-state index in [0.717, 1.165) is 24.5 Å². The summed E-state index contributed by atoms with van der Waals surface area (Å²) in [7, 11) is 0. The molecule has 0 saturated carbocycles. The smallest absolute Gasteiger partial charge is 0.340 e. The number of rotatable bonds is 10. The Morgan fingerprint density at radius 1 is 0.878 bits per heavy atom. The van der Waals surface area contributed by atoms with Crippen LogP contribution in [-0.2, 0) is 10.3 Å². The number of hydrogen-bond donors (Lipinski definition) is 3. The van der Waals surface area contributed by atoms with E-state index < -0.39 is 17.5 Å². The van der Waals surface area contributed by atoms with Gasteiger partial charge in [-0.1, -0.05) is 18.2 Å². The molecule has 41 heavy (non-hydrogen) atoms. The van der Waals surface area contributed by atoms with Crippen molar-refractivity contribution in [3.63, 3.8) is 0 Å². The van der Waals surface area contributed by atoms with Gasteiger partial charge in [0.15, 0.2) is 5.60 Å². The van der Waals surface area contributed by atoms with Gasteiger partial charge >= 0.3 is 11.9 Å². The molecule has 0 saturated heterocycles. The Labute approximate surface area is 238 Å². The van der Waals surface area contributed by atoms with E-state index in [0.29, 0.717) is 34.7 Å². The van der Waals surface area contributed by atoms with Crippen molar-refractivity contribution in [2.45, 2.75) is 26.4 Å². The van der Waals surface area contributed by atoms with E-state index >= 15 is 0 Å². The number of carbonyl (C=O) groups excluding carboxylic acids is 1. The molecule has 3 N–H and O–H groups in total. The number of cyclic esters (lactones) is 1. The van der Waals surface area contributed by atoms with Crippen LogP contribution in [0.15, 0.2) is 84.9 Å². The molecule has 1 aliphatic rings. The molecule has 210 valence electrons. The van der Waals surface area contributed by atoms with E-state index in [9.17, 15) is 19.8 Å². The van der Waals surface area contributed by atoms with Crippen LogP contribution in [0.4, 0.5) is 17.1 Å². The number of carbonyl (C=O) groups is 2. The number of hydrogen-bond acceptors (Lipinski definition) is 7. The van der Waals surface area contributed by atoms with Gasteiger partial charge in [0.05, 0.1) is 17.7 Å². The fourth-order valence-electron chi connectivity index (χ4n) is 5.40. The number of fused-ring (bicyclic) bond motifs is 1. The number of nitrogens with one attached hydrogen (secondary N) is 1. The number of nitrogens with zero attached hydrogens (tertiary/aromatic N) is 1. The molecule has 4 aromatic rings. The molecule has 5 rings (SSSR count). The maximum Gasteiger partial charge on any atom is 0.340 e. The minimum atomic E-state index is -1.69. The first kappa shape index (κ1) is 27.6. The Kier molecular flexibility index (Phi) is 7.57. The van der Waals surface area contributed by atoms with E-state index in [1.54, 1.807) is 18.2 Å². The second kappa shape index (κ2) is 11.3. The lowest BCUT2D eigenvalue weighted by Gasteiger charge is -2.33. The third-order valence-electron chi connectivity index (χ3n) is 7.32. The monoisotopic (exact) mass is 552 g/mol. The van der Waals surface area contributed by atoms with Crippen LogP contribution in [0.1, 0.15) is 58.2 Å². The van der Waals surface area contributed by atoms with Crippen molar-refractivity contribution >= 4 is 29.0 Å². The standard InChI is InChI=1S/C33H32N2O6/c1-4-35(5-2)24-14-16-26(29(36)20-24)33(27-18-21(31(37)38)12-15-25(27)32(39)41-33)28-19-23(13-17-30(28)40-6-3)34-22-10-8-7-9-11-22/h7-20,34,36H,4-6H2,1-3H3,(H,37,38)/t33-/m1/s1. The zero-order valence-corrected chi connectivity index (χ0v) is 23.2. The Morgan fingerprint density at radius 3 is 2.29 bits per heavy atom. The molecule has 0 spiro atoms. The molecule has 8 heteroatoms. The maximum atomic E-state index is 13.4. The average Bonchev–Trinajstić information content (AvgIpc) is 3.27. The lowest BCUT2D eigenvalue weighted by molar-refractivity contribution is 0.0238. The van der Waals surface area contributed by atoms with Gasteiger partial charge in [0.1, 0.15) is 11.5 Å². The van der Waals surface area contributed by atoms with Crippen LogP contribution in [0.3, 0.4) is 0 Å². The van der Waals surface area contributed by atoms with Gasteiger partial charge in [0.25, 0.3) is 0 Å². The van der Waals surface area contributed by atoms with Crippen molar-refractivity contribution in [1.82, 2.24) is 0 Å². The summed E-state index contributed by atoms with van der Waals surface area (Å²) in [6.07, 6.45) is 0. The van der Waals surface area contributed by atoms with E-state index in [2.05, 4.69) is 10.2 Å². The minimum Gasteiger partial charge on any atom is -0.507 e. The first-order valence-electron chi connectivity index (χ1n) is 13.6. The van der Waals surface area contributed by atoms with Crippen molar-refractivity contribution < 1.29 is 29.3 Å². The Morgan fingerprint density at radius 2 is 1.63 bits per heavy atom. The SMILES string of the molecule is CCOc1ccc(Nc2ccccc2)cc1[C@]1(c2ccc(N(CC)CC)cc2O)OC(=O)c2ccc(C(=O)O)cc21. The zero-order chi connectivity index (χ0) is 29.1. The van der Waals surface area contributed by atoms with Crippen LogP contribution in [0.25, 0.3) is 0 Å². The summed E-state index contributed by atoms with van der Waals surface area (Å²) in [6, 6.07) is 24.5. The molecule has 0 amide bonds. The molecule has 8 nitrogen and oxygen atoms in total. The summed E-state index contributed by atoms with van der Waals surface area (Å²) in [4.78, 5) is 27.5. The van der Waals surface area contributed by atoms with Crippen molar-refractivity contribution in [2.75, 3.05) is 29.9 Å². The van der Waals surface area contributed by atoms with Crippen LogP contribution >= 0.6 is 0 Å². The number of ether oxygens (including phenoxy) is 2. The largest absolute Gasteiger partial charge is 0.507 e. The summed E-state index contributed by atoms with van der Waals surface area (Å²) in [5.41, 5.74) is 1.90. The van der Waals surface area contributed by atoms with Gasteiger partial charge in [-0.3, -0.25) is 0 Å². The molecule has 0 bridgehead atoms. The number of carboxylic acids is 1. The number of carboxylic acid groups (broad SMARTS) is 1. The van der Waals surface area contributed by atoms with E-state index in [1.807, 2.05) is 69.3 Å². The van der Waals surface area contributed by atoms with Crippen LogP contribution in [0.2, 0.25) is 0 Å². The van der Waals surface area contributed by atoms with Gasteiger partial charge in [-0.05, 0) is 81.4 Å². The molecule has 4 aromatic carbocycles. The summed E-state index contributed by atoms with van der Waals surface area (Å²) in [5, 5.41) is 24.7. The highest BCUT2D eigenvalue weighted by Gasteiger charge is 2.52. The lowest BCUT2D eigenvalue weighted by atomic mass is 9.78. The molecule has 0 radical (unpaired) electrons. The Balaban J connectivity index is 1.81. The van der Waals surface area contributed by atoms with Crippen LogP contribution in [0, 0.1) is 0 Å². The highest BCUT2D eigenvalue weighted by atomic mass is 16.6. The Hall–Kier alpha value is -4.98. The highest BCUT2D eigenvalue weighted by molar-refractivity contribution is 5.99. The number of para-hydroxylation sites is 1. The number of esters is 1. The van der Waals surface area contributed by atoms with Gasteiger partial charge in [-0.15, -0.1) is 0 Å². The molecular formula is C33H32N2O6. The number of aromatic carboxylic acids is 1. The molecule has 0 aliphatic carbocycles. The molecule has 1 atom stereocenters. The molecule has 0 fully saturated rings. The van der Waals surface area contributed by atoms with E-state index in [1.165, 1.54) is 18.2 Å². The topological polar surface area (TPSA) is 108 Å². The van der Waals surface area contributed by atoms with E-state index in [4.69, 9.17) is 9.47 Å². The summed E-state index contributed by atoms with van der Waals surface area (Å²) in [5.74, 6) is -1.45. The van der Waals surface area contributed by atoms with E-state index in [-0.39, 0.29) is 16.9 Å². The van der Waals surface area contributed by atoms with Crippen LogP contribution in [0.5, 0.6) is 11.5 Å². The highest BCUT2D eigenvalue weighted by Crippen LogP contribution is 2.53. The molecule has 1 aliphatic heterocycles. The number of anilines is 3. The summed E-state index contributed by atoms with van der Waals surface area (Å²) >= 11 is 0. The predicted molar refractivity (Wildman–Crippen MR) is 158 cm³/mol. The predicted octanol–water partition coefficient (Wildman–Crippen LogP) is 6.54. The second-order valence-electron chi connectivity index (χ2n) is 9.64. The third-order valence-corrected chi connectivity index (χ3v) is 7.32. The van der Waals surface area contributed by atoms with Gasteiger partial charge in [-0.2, -0.15) is 0 Å². The first-order chi connectivity index (χ1) is 19.8.